The highest BCUT2D eigenvalue weighted by molar-refractivity contribution is 6.11. The predicted molar refractivity (Wildman–Crippen MR) is 198 cm³/mol. The highest BCUT2D eigenvalue weighted by Crippen LogP contribution is 2.40. The molecule has 0 unspecified atom stereocenters. The second-order valence-electron chi connectivity index (χ2n) is 12.5. The molecule has 4 heteroatoms. The number of rotatable bonds is 4. The molecular formula is C44H30N4. The zero-order valence-electron chi connectivity index (χ0n) is 26.6. The lowest BCUT2D eigenvalue weighted by Gasteiger charge is -2.18. The molecule has 0 N–H and O–H groups in total. The summed E-state index contributed by atoms with van der Waals surface area (Å²) in [6, 6.07) is 53.5. The molecule has 4 nitrogen and oxygen atoms in total. The van der Waals surface area contributed by atoms with Crippen molar-refractivity contribution in [2.45, 2.75) is 13.8 Å². The minimum Gasteiger partial charge on any atom is -0.308 e. The van der Waals surface area contributed by atoms with Gasteiger partial charge in [0.2, 0.25) is 0 Å². The molecule has 0 saturated heterocycles. The van der Waals surface area contributed by atoms with E-state index < -0.39 is 0 Å². The van der Waals surface area contributed by atoms with Crippen LogP contribution in [0.25, 0.3) is 77.5 Å². The number of para-hydroxylation sites is 2. The Morgan fingerprint density at radius 1 is 0.458 bits per heavy atom. The van der Waals surface area contributed by atoms with Gasteiger partial charge >= 0.3 is 0 Å². The number of benzene rings is 6. The van der Waals surface area contributed by atoms with Gasteiger partial charge in [0, 0.05) is 32.7 Å². The molecule has 9 aromatic rings. The summed E-state index contributed by atoms with van der Waals surface area (Å²) >= 11 is 0. The van der Waals surface area contributed by atoms with Gasteiger partial charge in [0.25, 0.3) is 0 Å². The second-order valence-corrected chi connectivity index (χ2v) is 12.5. The van der Waals surface area contributed by atoms with Crippen LogP contribution in [0, 0.1) is 25.2 Å². The molecule has 0 bridgehead atoms. The first kappa shape index (κ1) is 27.8. The SMILES string of the molecule is Cc1ccc2c3ccccc3n(-c3cc(-c4cccc(-c5ccccc5)n4)cc(-n4c5ccccc5c5ccc(C)cc54)c3C#N)c2c1. The molecule has 0 saturated carbocycles. The maximum absolute atomic E-state index is 11.2. The lowest BCUT2D eigenvalue weighted by Crippen LogP contribution is -2.05. The van der Waals surface area contributed by atoms with E-state index in [0.717, 1.165) is 88.6 Å². The second kappa shape index (κ2) is 10.8. The monoisotopic (exact) mass is 614 g/mol. The Bertz CT molecular complexity index is 2620. The van der Waals surface area contributed by atoms with Crippen molar-refractivity contribution in [1.82, 2.24) is 14.1 Å². The summed E-state index contributed by atoms with van der Waals surface area (Å²) in [4.78, 5) is 5.19. The Labute approximate surface area is 278 Å². The Hall–Kier alpha value is -6.44. The zero-order chi connectivity index (χ0) is 32.4. The minimum atomic E-state index is 0.603. The van der Waals surface area contributed by atoms with Crippen molar-refractivity contribution in [3.63, 3.8) is 0 Å². The third-order valence-electron chi connectivity index (χ3n) is 9.46. The van der Waals surface area contributed by atoms with Crippen LogP contribution in [0.2, 0.25) is 0 Å². The molecule has 0 radical (unpaired) electrons. The van der Waals surface area contributed by atoms with Crippen LogP contribution >= 0.6 is 0 Å². The van der Waals surface area contributed by atoms with Gasteiger partial charge in [-0.2, -0.15) is 5.26 Å². The van der Waals surface area contributed by atoms with Crippen molar-refractivity contribution in [1.29, 1.82) is 5.26 Å². The lowest BCUT2D eigenvalue weighted by molar-refractivity contribution is 1.11. The van der Waals surface area contributed by atoms with E-state index in [0.29, 0.717) is 5.56 Å². The van der Waals surface area contributed by atoms with E-state index in [1.54, 1.807) is 0 Å². The minimum absolute atomic E-state index is 0.603. The molecule has 0 aliphatic carbocycles. The first-order chi connectivity index (χ1) is 23.6. The normalized spacial score (nSPS) is 11.5. The van der Waals surface area contributed by atoms with Gasteiger partial charge in [0.1, 0.15) is 11.6 Å². The molecule has 6 aromatic carbocycles. The summed E-state index contributed by atoms with van der Waals surface area (Å²) in [5.41, 5.74) is 12.6. The largest absolute Gasteiger partial charge is 0.308 e. The summed E-state index contributed by atoms with van der Waals surface area (Å²) in [5, 5.41) is 15.8. The number of aryl methyl sites for hydroxylation is 2. The molecule has 3 aromatic heterocycles. The molecule has 48 heavy (non-hydrogen) atoms. The molecule has 9 rings (SSSR count). The third-order valence-corrected chi connectivity index (χ3v) is 9.46. The van der Waals surface area contributed by atoms with Crippen molar-refractivity contribution in [3.05, 3.63) is 162 Å². The highest BCUT2D eigenvalue weighted by Gasteiger charge is 2.23. The first-order valence-electron chi connectivity index (χ1n) is 16.2. The molecule has 0 fully saturated rings. The molecule has 0 spiro atoms. The van der Waals surface area contributed by atoms with Crippen LogP contribution in [0.1, 0.15) is 16.7 Å². The Balaban J connectivity index is 1.44. The van der Waals surface area contributed by atoms with Crippen LogP contribution in [-0.2, 0) is 0 Å². The van der Waals surface area contributed by atoms with E-state index in [9.17, 15) is 5.26 Å². The lowest BCUT2D eigenvalue weighted by atomic mass is 10.0. The number of nitrogens with zero attached hydrogens (tertiary/aromatic N) is 4. The predicted octanol–water partition coefficient (Wildman–Crippen LogP) is 11.1. The molecule has 0 atom stereocenters. The van der Waals surface area contributed by atoms with Gasteiger partial charge in [-0.15, -0.1) is 0 Å². The standard InChI is InChI=1S/C44H30N4/c1-28-19-21-34-32-13-6-8-17-39(32)47(41(34)23-28)43-25-31(38-16-10-15-37(46-38)30-11-4-3-5-12-30)26-44(36(43)27-45)48-40-18-9-7-14-33(40)35-22-20-29(2)24-42(35)48/h3-26H,1-2H3. The van der Waals surface area contributed by atoms with Gasteiger partial charge in [-0.05, 0) is 73.5 Å². The fourth-order valence-corrected chi connectivity index (χ4v) is 7.27. The van der Waals surface area contributed by atoms with Crippen molar-refractivity contribution < 1.29 is 0 Å². The number of pyridine rings is 1. The van der Waals surface area contributed by atoms with Crippen molar-refractivity contribution in [2.75, 3.05) is 0 Å². The molecule has 226 valence electrons. The molecular weight excluding hydrogens is 585 g/mol. The number of hydrogen-bond acceptors (Lipinski definition) is 2. The first-order valence-corrected chi connectivity index (χ1v) is 16.2. The van der Waals surface area contributed by atoms with E-state index in [1.807, 2.05) is 18.2 Å². The van der Waals surface area contributed by atoms with Crippen LogP contribution < -0.4 is 0 Å². The zero-order valence-corrected chi connectivity index (χ0v) is 26.6. The molecule has 3 heterocycles. The summed E-state index contributed by atoms with van der Waals surface area (Å²) < 4.78 is 4.53. The maximum atomic E-state index is 11.2. The number of fused-ring (bicyclic) bond motifs is 6. The van der Waals surface area contributed by atoms with Gasteiger partial charge in [-0.25, -0.2) is 4.98 Å². The van der Waals surface area contributed by atoms with Crippen molar-refractivity contribution >= 4 is 43.6 Å². The fourth-order valence-electron chi connectivity index (χ4n) is 7.27. The van der Waals surface area contributed by atoms with Crippen molar-refractivity contribution in [3.8, 4) is 40.0 Å². The molecule has 0 aliphatic rings. The average molecular weight is 615 g/mol. The average Bonchev–Trinajstić information content (AvgIpc) is 3.63. The van der Waals surface area contributed by atoms with Gasteiger partial charge in [-0.3, -0.25) is 0 Å². The third kappa shape index (κ3) is 4.26. The fraction of sp³-hybridized carbons (Fsp3) is 0.0455. The van der Waals surface area contributed by atoms with Crippen LogP contribution in [-0.4, -0.2) is 14.1 Å². The smallest absolute Gasteiger partial charge is 0.104 e. The maximum Gasteiger partial charge on any atom is 0.104 e. The van der Waals surface area contributed by atoms with Crippen molar-refractivity contribution in [2.24, 2.45) is 0 Å². The summed E-state index contributed by atoms with van der Waals surface area (Å²) in [6.45, 7) is 4.24. The van der Waals surface area contributed by atoms with Gasteiger partial charge in [0.05, 0.1) is 44.8 Å². The van der Waals surface area contributed by atoms with E-state index in [2.05, 4.69) is 156 Å². The molecule has 0 amide bonds. The van der Waals surface area contributed by atoms with Gasteiger partial charge in [0.15, 0.2) is 0 Å². The number of aromatic nitrogens is 3. The Morgan fingerprint density at radius 3 is 1.48 bits per heavy atom. The van der Waals surface area contributed by atoms with E-state index in [4.69, 9.17) is 4.98 Å². The van der Waals surface area contributed by atoms with E-state index in [1.165, 1.54) is 0 Å². The number of hydrogen-bond donors (Lipinski definition) is 0. The summed E-state index contributed by atoms with van der Waals surface area (Å²) in [5.74, 6) is 0. The van der Waals surface area contributed by atoms with Gasteiger partial charge < -0.3 is 9.13 Å². The van der Waals surface area contributed by atoms with Crippen LogP contribution in [0.4, 0.5) is 0 Å². The van der Waals surface area contributed by atoms with Crippen LogP contribution in [0.5, 0.6) is 0 Å². The van der Waals surface area contributed by atoms with E-state index >= 15 is 0 Å². The number of nitriles is 1. The quantitative estimate of drug-likeness (QED) is 0.198. The van der Waals surface area contributed by atoms with E-state index in [-0.39, 0.29) is 0 Å². The Kier molecular flexibility index (Phi) is 6.28. The Morgan fingerprint density at radius 2 is 0.938 bits per heavy atom. The highest BCUT2D eigenvalue weighted by atomic mass is 15.0. The summed E-state index contributed by atoms with van der Waals surface area (Å²) in [6.07, 6.45) is 0. The van der Waals surface area contributed by atoms with Crippen LogP contribution in [0.15, 0.2) is 146 Å². The topological polar surface area (TPSA) is 46.5 Å². The molecule has 0 aliphatic heterocycles. The summed E-state index contributed by atoms with van der Waals surface area (Å²) in [7, 11) is 0. The van der Waals surface area contributed by atoms with Crippen LogP contribution in [0.3, 0.4) is 0 Å². The van der Waals surface area contributed by atoms with Gasteiger partial charge in [-0.1, -0.05) is 97.1 Å².